The van der Waals surface area contributed by atoms with Gasteiger partial charge in [-0.3, -0.25) is 4.79 Å². The Hall–Kier alpha value is -2.59. The molecule has 0 bridgehead atoms. The van der Waals surface area contributed by atoms with Crippen LogP contribution in [0.2, 0.25) is 5.02 Å². The molecule has 0 saturated carbocycles. The van der Waals surface area contributed by atoms with Crippen molar-refractivity contribution in [3.05, 3.63) is 70.1 Å². The molecule has 24 heavy (non-hydrogen) atoms. The Labute approximate surface area is 145 Å². The van der Waals surface area contributed by atoms with E-state index in [9.17, 15) is 4.79 Å². The van der Waals surface area contributed by atoms with E-state index >= 15 is 0 Å². The van der Waals surface area contributed by atoms with Crippen molar-refractivity contribution < 1.29 is 9.21 Å². The number of hydrogen-bond acceptors (Lipinski definition) is 3. The number of aryl methyl sites for hydroxylation is 3. The monoisotopic (exact) mass is 340 g/mol. The van der Waals surface area contributed by atoms with E-state index < -0.39 is 0 Å². The first-order valence-electron chi connectivity index (χ1n) is 7.56. The van der Waals surface area contributed by atoms with Gasteiger partial charge in [-0.05, 0) is 50.1 Å². The molecular formula is C19H17ClN2O2. The second-order valence-electron chi connectivity index (χ2n) is 5.68. The number of nitrogens with zero attached hydrogens (tertiary/aromatic N) is 1. The van der Waals surface area contributed by atoms with Crippen LogP contribution in [-0.2, 0) is 0 Å². The highest BCUT2D eigenvalue weighted by atomic mass is 35.5. The zero-order valence-electron chi connectivity index (χ0n) is 13.7. The Morgan fingerprint density at radius 3 is 2.50 bits per heavy atom. The van der Waals surface area contributed by atoms with Crippen molar-refractivity contribution in [3.63, 3.8) is 0 Å². The van der Waals surface area contributed by atoms with Crippen molar-refractivity contribution in [2.75, 3.05) is 5.32 Å². The van der Waals surface area contributed by atoms with E-state index in [1.807, 2.05) is 56.3 Å². The molecule has 0 saturated heterocycles. The quantitative estimate of drug-likeness (QED) is 0.715. The fraction of sp³-hybridized carbons (Fsp3) is 0.158. The van der Waals surface area contributed by atoms with Crippen molar-refractivity contribution >= 4 is 23.2 Å². The van der Waals surface area contributed by atoms with Gasteiger partial charge < -0.3 is 9.73 Å². The van der Waals surface area contributed by atoms with Crippen molar-refractivity contribution in [1.29, 1.82) is 0 Å². The van der Waals surface area contributed by atoms with Crippen molar-refractivity contribution in [2.24, 2.45) is 0 Å². The molecule has 1 aromatic heterocycles. The summed E-state index contributed by atoms with van der Waals surface area (Å²) in [6.45, 7) is 5.58. The van der Waals surface area contributed by atoms with Gasteiger partial charge in [-0.15, -0.1) is 0 Å². The van der Waals surface area contributed by atoms with Crippen LogP contribution in [0.5, 0.6) is 0 Å². The minimum Gasteiger partial charge on any atom is -0.441 e. The van der Waals surface area contributed by atoms with Gasteiger partial charge in [0.1, 0.15) is 5.76 Å². The van der Waals surface area contributed by atoms with Gasteiger partial charge in [-0.25, -0.2) is 4.98 Å². The first kappa shape index (κ1) is 16.3. The lowest BCUT2D eigenvalue weighted by Gasteiger charge is -2.10. The summed E-state index contributed by atoms with van der Waals surface area (Å²) >= 11 is 6.25. The summed E-state index contributed by atoms with van der Waals surface area (Å²) in [5.41, 5.74) is 3.61. The highest BCUT2D eigenvalue weighted by Crippen LogP contribution is 2.28. The van der Waals surface area contributed by atoms with Crippen molar-refractivity contribution in [3.8, 4) is 11.5 Å². The van der Waals surface area contributed by atoms with Crippen LogP contribution in [0.4, 0.5) is 5.69 Å². The molecule has 0 aliphatic rings. The third-order valence-electron chi connectivity index (χ3n) is 3.70. The maximum absolute atomic E-state index is 12.6. The molecule has 0 radical (unpaired) electrons. The van der Waals surface area contributed by atoms with E-state index in [0.29, 0.717) is 22.4 Å². The van der Waals surface area contributed by atoms with Crippen LogP contribution in [0.15, 0.2) is 46.9 Å². The summed E-state index contributed by atoms with van der Waals surface area (Å²) in [4.78, 5) is 16.9. The average molecular weight is 341 g/mol. The van der Waals surface area contributed by atoms with Crippen LogP contribution in [0, 0.1) is 20.8 Å². The number of rotatable bonds is 3. The van der Waals surface area contributed by atoms with Gasteiger partial charge in [0.2, 0.25) is 5.89 Å². The standard InChI is InChI=1S/C19H17ClN2O2/c1-11-9-12(2)16(15(20)10-11)21-18(23)17-13(3)24-19(22-17)14-7-5-4-6-8-14/h4-10H,1-3H3,(H,21,23). The second-order valence-corrected chi connectivity index (χ2v) is 6.09. The number of nitrogens with one attached hydrogen (secondary N) is 1. The fourth-order valence-corrected chi connectivity index (χ4v) is 2.93. The molecule has 0 spiro atoms. The van der Waals surface area contributed by atoms with E-state index in [1.165, 1.54) is 0 Å². The zero-order chi connectivity index (χ0) is 17.3. The molecule has 5 heteroatoms. The lowest BCUT2D eigenvalue weighted by molar-refractivity contribution is 0.102. The second kappa shape index (κ2) is 6.49. The van der Waals surface area contributed by atoms with Crippen molar-refractivity contribution in [1.82, 2.24) is 4.98 Å². The number of anilines is 1. The third-order valence-corrected chi connectivity index (χ3v) is 4.00. The first-order valence-corrected chi connectivity index (χ1v) is 7.94. The molecular weight excluding hydrogens is 324 g/mol. The predicted molar refractivity (Wildman–Crippen MR) is 95.6 cm³/mol. The van der Waals surface area contributed by atoms with Gasteiger partial charge in [0.15, 0.2) is 5.69 Å². The highest BCUT2D eigenvalue weighted by Gasteiger charge is 2.19. The number of benzene rings is 2. The Morgan fingerprint density at radius 2 is 1.83 bits per heavy atom. The molecule has 0 fully saturated rings. The number of hydrogen-bond donors (Lipinski definition) is 1. The van der Waals surface area contributed by atoms with E-state index in [-0.39, 0.29) is 11.6 Å². The van der Waals surface area contributed by atoms with Crippen LogP contribution in [0.1, 0.15) is 27.4 Å². The van der Waals surface area contributed by atoms with Crippen LogP contribution in [0.25, 0.3) is 11.5 Å². The molecule has 122 valence electrons. The molecule has 3 aromatic rings. The Balaban J connectivity index is 1.90. The van der Waals surface area contributed by atoms with E-state index in [0.717, 1.165) is 16.7 Å². The summed E-state index contributed by atoms with van der Waals surface area (Å²) < 4.78 is 5.63. The van der Waals surface area contributed by atoms with Gasteiger partial charge >= 0.3 is 0 Å². The van der Waals surface area contributed by atoms with Gasteiger partial charge in [-0.2, -0.15) is 0 Å². The van der Waals surface area contributed by atoms with Gasteiger partial charge in [0.25, 0.3) is 5.91 Å². The fourth-order valence-electron chi connectivity index (χ4n) is 2.56. The first-order chi connectivity index (χ1) is 11.5. The van der Waals surface area contributed by atoms with Gasteiger partial charge in [-0.1, -0.05) is 35.9 Å². The summed E-state index contributed by atoms with van der Waals surface area (Å²) in [5.74, 6) is 0.546. The molecule has 1 amide bonds. The molecule has 0 unspecified atom stereocenters. The maximum Gasteiger partial charge on any atom is 0.277 e. The lowest BCUT2D eigenvalue weighted by Crippen LogP contribution is -2.15. The molecule has 1 heterocycles. The number of oxazole rings is 1. The number of carbonyl (C=O) groups excluding carboxylic acids is 1. The minimum atomic E-state index is -0.340. The molecule has 0 aliphatic carbocycles. The SMILES string of the molecule is Cc1cc(C)c(NC(=O)c2nc(-c3ccccc3)oc2C)c(Cl)c1. The summed E-state index contributed by atoms with van der Waals surface area (Å²) in [6.07, 6.45) is 0. The van der Waals surface area contributed by atoms with Crippen LogP contribution < -0.4 is 5.32 Å². The number of halogens is 1. The summed E-state index contributed by atoms with van der Waals surface area (Å²) in [7, 11) is 0. The largest absolute Gasteiger partial charge is 0.441 e. The Morgan fingerprint density at radius 1 is 1.12 bits per heavy atom. The van der Waals surface area contributed by atoms with Gasteiger partial charge in [0, 0.05) is 5.56 Å². The molecule has 4 nitrogen and oxygen atoms in total. The predicted octanol–water partition coefficient (Wildman–Crippen LogP) is 5.17. The third kappa shape index (κ3) is 3.19. The van der Waals surface area contributed by atoms with Crippen molar-refractivity contribution in [2.45, 2.75) is 20.8 Å². The molecule has 3 rings (SSSR count). The zero-order valence-corrected chi connectivity index (χ0v) is 14.4. The topological polar surface area (TPSA) is 55.1 Å². The minimum absolute atomic E-state index is 0.255. The van der Waals surface area contributed by atoms with Gasteiger partial charge in [0.05, 0.1) is 10.7 Å². The lowest BCUT2D eigenvalue weighted by atomic mass is 10.1. The Bertz CT molecular complexity index is 878. The van der Waals surface area contributed by atoms with E-state index in [4.69, 9.17) is 16.0 Å². The molecule has 1 N–H and O–H groups in total. The summed E-state index contributed by atoms with van der Waals surface area (Å²) in [5, 5.41) is 3.34. The van der Waals surface area contributed by atoms with E-state index in [1.54, 1.807) is 6.92 Å². The highest BCUT2D eigenvalue weighted by molar-refractivity contribution is 6.34. The number of aromatic nitrogens is 1. The molecule has 0 aliphatic heterocycles. The van der Waals surface area contributed by atoms with Crippen LogP contribution >= 0.6 is 11.6 Å². The molecule has 2 aromatic carbocycles. The van der Waals surface area contributed by atoms with Crippen LogP contribution in [0.3, 0.4) is 0 Å². The van der Waals surface area contributed by atoms with Crippen LogP contribution in [-0.4, -0.2) is 10.9 Å². The van der Waals surface area contributed by atoms with E-state index in [2.05, 4.69) is 10.3 Å². The average Bonchev–Trinajstić information content (AvgIpc) is 2.93. The number of amides is 1. The Kier molecular flexibility index (Phi) is 4.40. The maximum atomic E-state index is 12.6. The summed E-state index contributed by atoms with van der Waals surface area (Å²) in [6, 6.07) is 13.2. The number of carbonyl (C=O) groups is 1. The molecule has 0 atom stereocenters. The smallest absolute Gasteiger partial charge is 0.277 e. The normalized spacial score (nSPS) is 10.7.